The highest BCUT2D eigenvalue weighted by atomic mass is 79.9. The molecule has 2 aromatic heterocycles. The molecule has 22 heavy (non-hydrogen) atoms. The Labute approximate surface area is 134 Å². The number of rotatable bonds is 4. The van der Waals surface area contributed by atoms with Crippen molar-refractivity contribution in [2.45, 2.75) is 0 Å². The molecule has 0 N–H and O–H groups in total. The summed E-state index contributed by atoms with van der Waals surface area (Å²) >= 11 is 3.37. The number of hydrogen-bond donors (Lipinski definition) is 0. The monoisotopic (exact) mass is 355 g/mol. The minimum Gasteiger partial charge on any atom is -0.453 e. The molecule has 4 nitrogen and oxygen atoms in total. The van der Waals surface area contributed by atoms with Crippen LogP contribution in [0.25, 0.3) is 11.3 Å². The van der Waals surface area contributed by atoms with E-state index < -0.39 is 0 Å². The highest BCUT2D eigenvalue weighted by Crippen LogP contribution is 2.29. The molecule has 3 rings (SSSR count). The van der Waals surface area contributed by atoms with Crippen molar-refractivity contribution < 1.29 is 14.0 Å². The molecule has 0 saturated heterocycles. The van der Waals surface area contributed by atoms with Crippen LogP contribution in [0.15, 0.2) is 63.6 Å². The predicted molar refractivity (Wildman–Crippen MR) is 84.9 cm³/mol. The molecule has 0 aliphatic heterocycles. The Balaban J connectivity index is 2.12. The van der Waals surface area contributed by atoms with E-state index in [0.29, 0.717) is 28.9 Å². The van der Waals surface area contributed by atoms with E-state index in [1.54, 1.807) is 48.7 Å². The van der Waals surface area contributed by atoms with Crippen molar-refractivity contribution in [1.82, 2.24) is 4.98 Å². The number of aldehydes is 1. The lowest BCUT2D eigenvalue weighted by Crippen LogP contribution is -2.05. The van der Waals surface area contributed by atoms with Gasteiger partial charge in [0.25, 0.3) is 0 Å². The van der Waals surface area contributed by atoms with Crippen LogP contribution in [-0.2, 0) is 0 Å². The minimum atomic E-state index is -0.207. The van der Waals surface area contributed by atoms with Crippen LogP contribution in [-0.4, -0.2) is 17.1 Å². The topological polar surface area (TPSA) is 60.2 Å². The lowest BCUT2D eigenvalue weighted by Gasteiger charge is -2.07. The zero-order valence-electron chi connectivity index (χ0n) is 11.3. The third-order valence-electron chi connectivity index (χ3n) is 3.13. The Morgan fingerprint density at radius 1 is 1.14 bits per heavy atom. The van der Waals surface area contributed by atoms with Gasteiger partial charge in [0.2, 0.25) is 5.78 Å². The van der Waals surface area contributed by atoms with E-state index in [1.165, 1.54) is 0 Å². The van der Waals surface area contributed by atoms with E-state index in [-0.39, 0.29) is 11.5 Å². The van der Waals surface area contributed by atoms with E-state index >= 15 is 0 Å². The van der Waals surface area contributed by atoms with E-state index in [2.05, 4.69) is 20.9 Å². The molecule has 0 spiro atoms. The lowest BCUT2D eigenvalue weighted by molar-refractivity contribution is 0.103. The summed E-state index contributed by atoms with van der Waals surface area (Å²) in [5, 5.41) is 0. The fraction of sp³-hybridized carbons (Fsp3) is 0. The SMILES string of the molecule is O=Cc1ccc(-c2ccc(Br)cc2C(=O)c2ccccn2)o1. The molecule has 1 aromatic carbocycles. The summed E-state index contributed by atoms with van der Waals surface area (Å²) in [6, 6.07) is 13.7. The van der Waals surface area contributed by atoms with Crippen LogP contribution in [0, 0.1) is 0 Å². The number of ketones is 1. The molecule has 2 heterocycles. The first-order chi connectivity index (χ1) is 10.7. The summed E-state index contributed by atoms with van der Waals surface area (Å²) in [5.74, 6) is 0.476. The van der Waals surface area contributed by atoms with Gasteiger partial charge in [0, 0.05) is 21.8 Å². The van der Waals surface area contributed by atoms with E-state index in [0.717, 1.165) is 4.47 Å². The summed E-state index contributed by atoms with van der Waals surface area (Å²) in [6.45, 7) is 0. The van der Waals surface area contributed by atoms with Crippen LogP contribution < -0.4 is 0 Å². The molecule has 0 bridgehead atoms. The maximum absolute atomic E-state index is 12.7. The van der Waals surface area contributed by atoms with Crippen LogP contribution in [0.4, 0.5) is 0 Å². The molecule has 0 aliphatic carbocycles. The molecular weight excluding hydrogens is 346 g/mol. The first-order valence-corrected chi connectivity index (χ1v) is 7.29. The molecule has 0 radical (unpaired) electrons. The van der Waals surface area contributed by atoms with Gasteiger partial charge in [-0.3, -0.25) is 14.6 Å². The number of carbonyl (C=O) groups is 2. The number of aromatic nitrogens is 1. The minimum absolute atomic E-state index is 0.207. The molecule has 0 atom stereocenters. The average molecular weight is 356 g/mol. The third kappa shape index (κ3) is 2.76. The van der Waals surface area contributed by atoms with Gasteiger partial charge >= 0.3 is 0 Å². The number of hydrogen-bond acceptors (Lipinski definition) is 4. The van der Waals surface area contributed by atoms with Crippen LogP contribution in [0.3, 0.4) is 0 Å². The van der Waals surface area contributed by atoms with Gasteiger partial charge in [0.15, 0.2) is 12.0 Å². The van der Waals surface area contributed by atoms with Crippen molar-refractivity contribution in [3.05, 3.63) is 76.2 Å². The van der Waals surface area contributed by atoms with E-state index in [9.17, 15) is 9.59 Å². The van der Waals surface area contributed by atoms with Crippen molar-refractivity contribution in [2.24, 2.45) is 0 Å². The Hall–Kier alpha value is -2.53. The molecule has 0 fully saturated rings. The van der Waals surface area contributed by atoms with Gasteiger partial charge < -0.3 is 4.42 Å². The lowest BCUT2D eigenvalue weighted by atomic mass is 9.99. The maximum atomic E-state index is 12.7. The molecule has 0 aliphatic rings. The van der Waals surface area contributed by atoms with Gasteiger partial charge in [-0.05, 0) is 42.5 Å². The number of furan rings is 1. The van der Waals surface area contributed by atoms with Gasteiger partial charge in [0.05, 0.1) is 0 Å². The Morgan fingerprint density at radius 2 is 2.00 bits per heavy atom. The molecule has 0 saturated carbocycles. The standard InChI is InChI=1S/C17H10BrNO3/c18-11-4-6-13(16-7-5-12(10-20)22-16)14(9-11)17(21)15-3-1-2-8-19-15/h1-10H. The highest BCUT2D eigenvalue weighted by molar-refractivity contribution is 9.10. The first-order valence-electron chi connectivity index (χ1n) is 6.49. The molecular formula is C17H10BrNO3. The van der Waals surface area contributed by atoms with Crippen molar-refractivity contribution >= 4 is 28.0 Å². The molecule has 0 amide bonds. The Morgan fingerprint density at radius 3 is 2.68 bits per heavy atom. The number of nitrogens with zero attached hydrogens (tertiary/aromatic N) is 1. The van der Waals surface area contributed by atoms with Gasteiger partial charge in [-0.15, -0.1) is 0 Å². The van der Waals surface area contributed by atoms with Crippen LogP contribution in [0.5, 0.6) is 0 Å². The van der Waals surface area contributed by atoms with Gasteiger partial charge in [-0.2, -0.15) is 0 Å². The number of pyridine rings is 1. The smallest absolute Gasteiger partial charge is 0.212 e. The Bertz CT molecular complexity index is 840. The highest BCUT2D eigenvalue weighted by Gasteiger charge is 2.18. The molecule has 5 heteroatoms. The number of carbonyl (C=O) groups excluding carboxylic acids is 2. The van der Waals surface area contributed by atoms with Crippen LogP contribution >= 0.6 is 15.9 Å². The van der Waals surface area contributed by atoms with Crippen molar-refractivity contribution in [1.29, 1.82) is 0 Å². The van der Waals surface area contributed by atoms with Crippen molar-refractivity contribution in [3.8, 4) is 11.3 Å². The number of benzene rings is 1. The summed E-state index contributed by atoms with van der Waals surface area (Å²) in [4.78, 5) is 27.5. The quantitative estimate of drug-likeness (QED) is 0.521. The van der Waals surface area contributed by atoms with Crippen LogP contribution in [0.2, 0.25) is 0 Å². The second-order valence-corrected chi connectivity index (χ2v) is 5.47. The van der Waals surface area contributed by atoms with Gasteiger partial charge in [-0.1, -0.05) is 22.0 Å². The normalized spacial score (nSPS) is 10.4. The Kier molecular flexibility index (Phi) is 3.98. The predicted octanol–water partition coefficient (Wildman–Crippen LogP) is 4.15. The second-order valence-electron chi connectivity index (χ2n) is 4.55. The molecule has 3 aromatic rings. The third-order valence-corrected chi connectivity index (χ3v) is 3.63. The fourth-order valence-corrected chi connectivity index (χ4v) is 2.48. The first kappa shape index (κ1) is 14.4. The van der Waals surface area contributed by atoms with E-state index in [4.69, 9.17) is 4.42 Å². The summed E-state index contributed by atoms with van der Waals surface area (Å²) in [5.41, 5.74) is 1.43. The maximum Gasteiger partial charge on any atom is 0.212 e. The fourth-order valence-electron chi connectivity index (χ4n) is 2.12. The average Bonchev–Trinajstić information content (AvgIpc) is 3.04. The van der Waals surface area contributed by atoms with E-state index in [1.807, 2.05) is 6.07 Å². The van der Waals surface area contributed by atoms with Crippen LogP contribution in [0.1, 0.15) is 26.6 Å². The van der Waals surface area contributed by atoms with Gasteiger partial charge in [0.1, 0.15) is 11.5 Å². The second kappa shape index (κ2) is 6.07. The largest absolute Gasteiger partial charge is 0.453 e. The molecule has 0 unspecified atom stereocenters. The van der Waals surface area contributed by atoms with Gasteiger partial charge in [-0.25, -0.2) is 0 Å². The number of halogens is 1. The van der Waals surface area contributed by atoms with Crippen molar-refractivity contribution in [3.63, 3.8) is 0 Å². The summed E-state index contributed by atoms with van der Waals surface area (Å²) in [6.07, 6.45) is 2.20. The summed E-state index contributed by atoms with van der Waals surface area (Å²) in [7, 11) is 0. The zero-order valence-corrected chi connectivity index (χ0v) is 12.9. The summed E-state index contributed by atoms with van der Waals surface area (Å²) < 4.78 is 6.21. The molecule has 108 valence electrons. The van der Waals surface area contributed by atoms with Crippen molar-refractivity contribution in [2.75, 3.05) is 0 Å². The zero-order chi connectivity index (χ0) is 15.5.